The summed E-state index contributed by atoms with van der Waals surface area (Å²) in [6.45, 7) is 7.64. The van der Waals surface area contributed by atoms with Crippen molar-refractivity contribution >= 4 is 0 Å². The SMILES string of the molecule is CCCCCCCCCCC(C)(C)c1ccc([C@H]2CCC[C@H](O)C2)c(OCc2ccccc2)c1. The highest BCUT2D eigenvalue weighted by atomic mass is 16.5. The van der Waals surface area contributed by atoms with Gasteiger partial charge in [-0.1, -0.05) is 121 Å². The van der Waals surface area contributed by atoms with Crippen LogP contribution in [0.3, 0.4) is 0 Å². The van der Waals surface area contributed by atoms with Crippen LogP contribution in [0.15, 0.2) is 48.5 Å². The molecule has 0 heterocycles. The number of hydrogen-bond donors (Lipinski definition) is 1. The van der Waals surface area contributed by atoms with E-state index in [-0.39, 0.29) is 11.5 Å². The van der Waals surface area contributed by atoms with Crippen LogP contribution in [0.4, 0.5) is 0 Å². The van der Waals surface area contributed by atoms with Crippen LogP contribution in [0.1, 0.15) is 127 Å². The Bertz CT molecular complexity index is 826. The lowest BCUT2D eigenvalue weighted by Gasteiger charge is -2.30. The lowest BCUT2D eigenvalue weighted by atomic mass is 9.77. The molecule has 2 nitrogen and oxygen atoms in total. The quantitative estimate of drug-likeness (QED) is 0.282. The first kappa shape index (κ1) is 26.8. The number of benzene rings is 2. The molecule has 1 aliphatic rings. The first-order valence-corrected chi connectivity index (χ1v) is 14.0. The van der Waals surface area contributed by atoms with E-state index in [9.17, 15) is 5.11 Å². The minimum atomic E-state index is -0.182. The Kier molecular flexibility index (Phi) is 11.0. The fourth-order valence-electron chi connectivity index (χ4n) is 5.44. The number of unbranched alkanes of at least 4 members (excludes halogenated alkanes) is 7. The second kappa shape index (κ2) is 13.9. The maximum Gasteiger partial charge on any atom is 0.123 e. The maximum absolute atomic E-state index is 10.3. The number of hydrogen-bond acceptors (Lipinski definition) is 2. The molecule has 188 valence electrons. The molecule has 0 amide bonds. The van der Waals surface area contributed by atoms with Crippen LogP contribution in [0.5, 0.6) is 5.75 Å². The van der Waals surface area contributed by atoms with Crippen molar-refractivity contribution < 1.29 is 9.84 Å². The van der Waals surface area contributed by atoms with Gasteiger partial charge in [0.1, 0.15) is 12.4 Å². The Balaban J connectivity index is 1.65. The van der Waals surface area contributed by atoms with E-state index in [0.29, 0.717) is 12.5 Å². The molecular weight excluding hydrogens is 416 g/mol. The normalized spacial score (nSPS) is 18.7. The summed E-state index contributed by atoms with van der Waals surface area (Å²) >= 11 is 0. The zero-order valence-electron chi connectivity index (χ0n) is 22.0. The van der Waals surface area contributed by atoms with E-state index in [0.717, 1.165) is 31.4 Å². The van der Waals surface area contributed by atoms with Gasteiger partial charge < -0.3 is 9.84 Å². The molecule has 1 fully saturated rings. The zero-order valence-corrected chi connectivity index (χ0v) is 22.0. The fraction of sp³-hybridized carbons (Fsp3) is 0.625. The van der Waals surface area contributed by atoms with Gasteiger partial charge in [0.25, 0.3) is 0 Å². The first-order chi connectivity index (χ1) is 16.5. The van der Waals surface area contributed by atoms with Crippen LogP contribution in [-0.4, -0.2) is 11.2 Å². The van der Waals surface area contributed by atoms with E-state index in [4.69, 9.17) is 4.74 Å². The molecule has 1 aliphatic carbocycles. The maximum atomic E-state index is 10.3. The van der Waals surface area contributed by atoms with Crippen molar-refractivity contribution in [2.45, 2.75) is 128 Å². The minimum absolute atomic E-state index is 0.137. The predicted molar refractivity (Wildman–Crippen MR) is 145 cm³/mol. The van der Waals surface area contributed by atoms with Crippen molar-refractivity contribution in [2.75, 3.05) is 0 Å². The highest BCUT2D eigenvalue weighted by Crippen LogP contribution is 2.41. The van der Waals surface area contributed by atoms with Gasteiger partial charge in [0.05, 0.1) is 6.10 Å². The Labute approximate surface area is 209 Å². The summed E-state index contributed by atoms with van der Waals surface area (Å²) in [7, 11) is 0. The molecule has 2 aromatic carbocycles. The number of aliphatic hydroxyl groups excluding tert-OH is 1. The van der Waals surface area contributed by atoms with Gasteiger partial charge >= 0.3 is 0 Å². The van der Waals surface area contributed by atoms with Crippen LogP contribution < -0.4 is 4.74 Å². The van der Waals surface area contributed by atoms with E-state index < -0.39 is 0 Å². The average Bonchev–Trinajstić information content (AvgIpc) is 2.85. The van der Waals surface area contributed by atoms with E-state index in [2.05, 4.69) is 63.2 Å². The summed E-state index contributed by atoms with van der Waals surface area (Å²) in [4.78, 5) is 0. The van der Waals surface area contributed by atoms with Gasteiger partial charge in [-0.15, -0.1) is 0 Å². The third kappa shape index (κ3) is 8.45. The van der Waals surface area contributed by atoms with Crippen molar-refractivity contribution in [2.24, 2.45) is 0 Å². The molecule has 2 heteroatoms. The topological polar surface area (TPSA) is 29.5 Å². The van der Waals surface area contributed by atoms with Gasteiger partial charge in [-0.05, 0) is 59.8 Å². The van der Waals surface area contributed by atoms with E-state index >= 15 is 0 Å². The molecule has 0 spiro atoms. The Morgan fingerprint density at radius 2 is 1.59 bits per heavy atom. The molecular formula is C32H48O2. The van der Waals surface area contributed by atoms with E-state index in [1.807, 2.05) is 6.07 Å². The molecule has 34 heavy (non-hydrogen) atoms. The van der Waals surface area contributed by atoms with E-state index in [1.54, 1.807) is 0 Å². The monoisotopic (exact) mass is 464 g/mol. The van der Waals surface area contributed by atoms with E-state index in [1.165, 1.54) is 74.5 Å². The van der Waals surface area contributed by atoms with Crippen LogP contribution in [0, 0.1) is 0 Å². The van der Waals surface area contributed by atoms with Gasteiger partial charge in [-0.25, -0.2) is 0 Å². The number of ether oxygens (including phenoxy) is 1. The Hall–Kier alpha value is -1.80. The molecule has 1 N–H and O–H groups in total. The summed E-state index contributed by atoms with van der Waals surface area (Å²) in [5.74, 6) is 1.41. The molecule has 0 aromatic heterocycles. The number of rotatable bonds is 14. The van der Waals surface area contributed by atoms with Crippen molar-refractivity contribution in [1.82, 2.24) is 0 Å². The lowest BCUT2D eigenvalue weighted by molar-refractivity contribution is 0.118. The predicted octanol–water partition coefficient (Wildman–Crippen LogP) is 9.09. The molecule has 0 saturated heterocycles. The van der Waals surface area contributed by atoms with Crippen LogP contribution >= 0.6 is 0 Å². The van der Waals surface area contributed by atoms with Gasteiger partial charge in [0, 0.05) is 0 Å². The second-order valence-corrected chi connectivity index (χ2v) is 11.2. The third-order valence-electron chi connectivity index (χ3n) is 7.77. The third-order valence-corrected chi connectivity index (χ3v) is 7.77. The van der Waals surface area contributed by atoms with Crippen LogP contribution in [0.2, 0.25) is 0 Å². The lowest BCUT2D eigenvalue weighted by Crippen LogP contribution is -2.20. The van der Waals surface area contributed by atoms with Crippen molar-refractivity contribution in [3.05, 3.63) is 65.2 Å². The summed E-state index contributed by atoms with van der Waals surface area (Å²) in [5, 5.41) is 10.3. The van der Waals surface area contributed by atoms with Gasteiger partial charge in [-0.2, -0.15) is 0 Å². The zero-order chi connectivity index (χ0) is 24.2. The Morgan fingerprint density at radius 3 is 2.29 bits per heavy atom. The number of aliphatic hydroxyl groups is 1. The standard InChI is InChI=1S/C32H48O2/c1-4-5-6-7-8-9-10-14-22-32(2,3)28-20-21-30(27-18-15-19-29(33)23-27)31(24-28)34-25-26-16-12-11-13-17-26/h11-13,16-17,20-21,24,27,29,33H,4-10,14-15,18-19,22-23,25H2,1-3H3/t27-,29-/m0/s1. The smallest absolute Gasteiger partial charge is 0.123 e. The molecule has 2 aromatic rings. The van der Waals surface area contributed by atoms with Crippen molar-refractivity contribution in [3.63, 3.8) is 0 Å². The Morgan fingerprint density at radius 1 is 0.882 bits per heavy atom. The first-order valence-electron chi connectivity index (χ1n) is 14.0. The second-order valence-electron chi connectivity index (χ2n) is 11.2. The van der Waals surface area contributed by atoms with Crippen molar-refractivity contribution in [1.29, 1.82) is 0 Å². The molecule has 0 radical (unpaired) electrons. The van der Waals surface area contributed by atoms with Crippen LogP contribution in [-0.2, 0) is 12.0 Å². The van der Waals surface area contributed by atoms with Crippen molar-refractivity contribution in [3.8, 4) is 5.75 Å². The molecule has 1 saturated carbocycles. The molecule has 0 unspecified atom stereocenters. The minimum Gasteiger partial charge on any atom is -0.489 e. The average molecular weight is 465 g/mol. The van der Waals surface area contributed by atoms with Gasteiger partial charge in [0.15, 0.2) is 0 Å². The molecule has 3 rings (SSSR count). The molecule has 0 bridgehead atoms. The van der Waals surface area contributed by atoms with Gasteiger partial charge in [-0.3, -0.25) is 0 Å². The summed E-state index contributed by atoms with van der Waals surface area (Å²) in [5.41, 5.74) is 3.98. The highest BCUT2D eigenvalue weighted by Gasteiger charge is 2.27. The van der Waals surface area contributed by atoms with Gasteiger partial charge in [0.2, 0.25) is 0 Å². The summed E-state index contributed by atoms with van der Waals surface area (Å²) in [6.07, 6.45) is 15.9. The molecule has 2 atom stereocenters. The van der Waals surface area contributed by atoms with Crippen LogP contribution in [0.25, 0.3) is 0 Å². The molecule has 0 aliphatic heterocycles. The summed E-state index contributed by atoms with van der Waals surface area (Å²) < 4.78 is 6.46. The highest BCUT2D eigenvalue weighted by molar-refractivity contribution is 5.43. The summed E-state index contributed by atoms with van der Waals surface area (Å²) in [6, 6.07) is 17.4. The fourth-order valence-corrected chi connectivity index (χ4v) is 5.44. The largest absolute Gasteiger partial charge is 0.489 e.